The molecule has 0 radical (unpaired) electrons. The Morgan fingerprint density at radius 3 is 2.60 bits per heavy atom. The van der Waals surface area contributed by atoms with Gasteiger partial charge in [-0.2, -0.15) is 0 Å². The van der Waals surface area contributed by atoms with Crippen LogP contribution in [0.5, 0.6) is 0 Å². The van der Waals surface area contributed by atoms with Gasteiger partial charge in [0, 0.05) is 13.1 Å². The Kier molecular flexibility index (Phi) is 4.10. The van der Waals surface area contributed by atoms with Gasteiger partial charge in [-0.05, 0) is 24.3 Å². The third-order valence-electron chi connectivity index (χ3n) is 4.22. The molecule has 0 spiro atoms. The van der Waals surface area contributed by atoms with Crippen LogP contribution in [0.1, 0.15) is 10.4 Å². The SMILES string of the molecule is O=C(c1cccc(-n2sc3ccccc3c2=O)c1F)N1CCOCC1. The molecule has 1 saturated heterocycles. The summed E-state index contributed by atoms with van der Waals surface area (Å²) in [5, 5.41) is 0.539. The van der Waals surface area contributed by atoms with Crippen LogP contribution in [0.15, 0.2) is 47.3 Å². The number of fused-ring (bicyclic) bond motifs is 1. The Balaban J connectivity index is 1.79. The normalized spacial score (nSPS) is 14.8. The summed E-state index contributed by atoms with van der Waals surface area (Å²) in [6, 6.07) is 11.7. The maximum Gasteiger partial charge on any atom is 0.273 e. The van der Waals surface area contributed by atoms with Gasteiger partial charge in [-0.1, -0.05) is 29.7 Å². The molecule has 3 aromatic rings. The molecule has 0 bridgehead atoms. The average molecular weight is 358 g/mol. The van der Waals surface area contributed by atoms with Crippen molar-refractivity contribution >= 4 is 27.5 Å². The molecule has 2 aromatic carbocycles. The maximum atomic E-state index is 15.0. The molecule has 25 heavy (non-hydrogen) atoms. The molecule has 1 aliphatic rings. The lowest BCUT2D eigenvalue weighted by molar-refractivity contribution is 0.0300. The number of carbonyl (C=O) groups is 1. The van der Waals surface area contributed by atoms with Crippen molar-refractivity contribution in [2.75, 3.05) is 26.3 Å². The minimum atomic E-state index is -0.673. The molecule has 0 saturated carbocycles. The topological polar surface area (TPSA) is 51.5 Å². The second-order valence-electron chi connectivity index (χ2n) is 5.73. The van der Waals surface area contributed by atoms with Gasteiger partial charge < -0.3 is 9.64 Å². The number of carbonyl (C=O) groups excluding carboxylic acids is 1. The molecule has 1 aliphatic heterocycles. The predicted octanol–water partition coefficient (Wildman–Crippen LogP) is 2.66. The highest BCUT2D eigenvalue weighted by molar-refractivity contribution is 7.14. The van der Waals surface area contributed by atoms with Crippen molar-refractivity contribution in [1.29, 1.82) is 0 Å². The first kappa shape index (κ1) is 16.0. The van der Waals surface area contributed by atoms with Crippen molar-refractivity contribution < 1.29 is 13.9 Å². The Morgan fingerprint density at radius 2 is 1.84 bits per heavy atom. The number of morpholine rings is 1. The fourth-order valence-corrected chi connectivity index (χ4v) is 3.92. The van der Waals surface area contributed by atoms with Gasteiger partial charge in [0.05, 0.1) is 34.6 Å². The van der Waals surface area contributed by atoms with Gasteiger partial charge in [-0.3, -0.25) is 9.59 Å². The second kappa shape index (κ2) is 6.42. The van der Waals surface area contributed by atoms with E-state index in [-0.39, 0.29) is 22.7 Å². The number of ether oxygens (including phenoxy) is 1. The van der Waals surface area contributed by atoms with Crippen LogP contribution < -0.4 is 5.56 Å². The van der Waals surface area contributed by atoms with Crippen molar-refractivity contribution in [3.05, 3.63) is 64.2 Å². The van der Waals surface area contributed by atoms with Crippen molar-refractivity contribution in [3.63, 3.8) is 0 Å². The molecule has 0 aliphatic carbocycles. The van der Waals surface area contributed by atoms with Crippen molar-refractivity contribution in [3.8, 4) is 5.69 Å². The first-order chi connectivity index (χ1) is 12.2. The van der Waals surface area contributed by atoms with E-state index < -0.39 is 5.82 Å². The van der Waals surface area contributed by atoms with Crippen LogP contribution in [-0.4, -0.2) is 41.1 Å². The van der Waals surface area contributed by atoms with Crippen LogP contribution >= 0.6 is 11.5 Å². The van der Waals surface area contributed by atoms with Gasteiger partial charge in [0.2, 0.25) is 0 Å². The molecule has 1 fully saturated rings. The second-order valence-corrected chi connectivity index (χ2v) is 6.72. The van der Waals surface area contributed by atoms with Crippen LogP contribution in [0, 0.1) is 5.82 Å². The zero-order valence-electron chi connectivity index (χ0n) is 13.3. The first-order valence-electron chi connectivity index (χ1n) is 7.94. The molecule has 1 amide bonds. The maximum absolute atomic E-state index is 15.0. The number of amides is 1. The molecule has 5 nitrogen and oxygen atoms in total. The fraction of sp³-hybridized carbons (Fsp3) is 0.222. The molecule has 128 valence electrons. The Labute approximate surface area is 147 Å². The highest BCUT2D eigenvalue weighted by Crippen LogP contribution is 2.24. The van der Waals surface area contributed by atoms with E-state index in [9.17, 15) is 9.59 Å². The quantitative estimate of drug-likeness (QED) is 0.708. The summed E-state index contributed by atoms with van der Waals surface area (Å²) in [7, 11) is 0. The highest BCUT2D eigenvalue weighted by atomic mass is 32.1. The summed E-state index contributed by atoms with van der Waals surface area (Å²) < 4.78 is 22.3. The Hall–Kier alpha value is -2.51. The molecule has 0 N–H and O–H groups in total. The summed E-state index contributed by atoms with van der Waals surface area (Å²) in [5.74, 6) is -1.05. The van der Waals surface area contributed by atoms with Gasteiger partial charge in [-0.15, -0.1) is 0 Å². The van der Waals surface area contributed by atoms with Crippen molar-refractivity contribution in [2.24, 2.45) is 0 Å². The Morgan fingerprint density at radius 1 is 1.08 bits per heavy atom. The summed E-state index contributed by atoms with van der Waals surface area (Å²) in [5.41, 5.74) is -0.204. The van der Waals surface area contributed by atoms with Crippen molar-refractivity contribution in [2.45, 2.75) is 0 Å². The van der Waals surface area contributed by atoms with E-state index >= 15 is 4.39 Å². The predicted molar refractivity (Wildman–Crippen MR) is 94.1 cm³/mol. The van der Waals surface area contributed by atoms with E-state index in [0.29, 0.717) is 31.7 Å². The van der Waals surface area contributed by atoms with Gasteiger partial charge in [-0.25, -0.2) is 8.35 Å². The number of rotatable bonds is 2. The van der Waals surface area contributed by atoms with Gasteiger partial charge >= 0.3 is 0 Å². The van der Waals surface area contributed by atoms with E-state index in [4.69, 9.17) is 4.74 Å². The summed E-state index contributed by atoms with van der Waals surface area (Å²) in [6.07, 6.45) is 0. The molecule has 0 unspecified atom stereocenters. The number of benzene rings is 2. The minimum absolute atomic E-state index is 0.0243. The smallest absolute Gasteiger partial charge is 0.273 e. The third-order valence-corrected chi connectivity index (χ3v) is 5.32. The van der Waals surface area contributed by atoms with E-state index in [2.05, 4.69) is 0 Å². The Bertz CT molecular complexity index is 1000. The monoisotopic (exact) mass is 358 g/mol. The molecule has 1 aromatic heterocycles. The highest BCUT2D eigenvalue weighted by Gasteiger charge is 2.24. The van der Waals surface area contributed by atoms with Gasteiger partial charge in [0.15, 0.2) is 5.82 Å². The minimum Gasteiger partial charge on any atom is -0.378 e. The van der Waals surface area contributed by atoms with E-state index in [1.54, 1.807) is 23.1 Å². The fourth-order valence-electron chi connectivity index (χ4n) is 2.91. The van der Waals surface area contributed by atoms with Crippen LogP contribution in [-0.2, 0) is 4.74 Å². The average Bonchev–Trinajstić information content (AvgIpc) is 2.99. The summed E-state index contributed by atoms with van der Waals surface area (Å²) in [6.45, 7) is 1.77. The van der Waals surface area contributed by atoms with Gasteiger partial charge in [0.25, 0.3) is 11.5 Å². The molecular formula is C18H15FN2O3S. The van der Waals surface area contributed by atoms with Crippen LogP contribution in [0.3, 0.4) is 0 Å². The lowest BCUT2D eigenvalue weighted by Gasteiger charge is -2.27. The lowest BCUT2D eigenvalue weighted by Crippen LogP contribution is -2.41. The number of nitrogens with zero attached hydrogens (tertiary/aromatic N) is 2. The molecule has 0 atom stereocenters. The van der Waals surface area contributed by atoms with Crippen LogP contribution in [0.25, 0.3) is 15.8 Å². The summed E-state index contributed by atoms with van der Waals surface area (Å²) >= 11 is 1.17. The van der Waals surface area contributed by atoms with Crippen LogP contribution in [0.2, 0.25) is 0 Å². The summed E-state index contributed by atoms with van der Waals surface area (Å²) in [4.78, 5) is 26.7. The van der Waals surface area contributed by atoms with Crippen molar-refractivity contribution in [1.82, 2.24) is 8.86 Å². The lowest BCUT2D eigenvalue weighted by atomic mass is 10.1. The number of halogens is 1. The number of hydrogen-bond acceptors (Lipinski definition) is 4. The van der Waals surface area contributed by atoms with Crippen LogP contribution in [0.4, 0.5) is 4.39 Å². The largest absolute Gasteiger partial charge is 0.378 e. The van der Waals surface area contributed by atoms with E-state index in [1.807, 2.05) is 12.1 Å². The number of aromatic nitrogens is 1. The number of hydrogen-bond donors (Lipinski definition) is 0. The molecular weight excluding hydrogens is 343 g/mol. The zero-order valence-corrected chi connectivity index (χ0v) is 14.1. The van der Waals surface area contributed by atoms with Gasteiger partial charge in [0.1, 0.15) is 0 Å². The zero-order chi connectivity index (χ0) is 17.4. The molecule has 2 heterocycles. The standard InChI is InChI=1S/C18H15FN2O3S/c19-16-13(17(22)20-8-10-24-11-9-20)5-3-6-14(16)21-18(23)12-4-1-2-7-15(12)25-21/h1-7H,8-11H2. The van der Waals surface area contributed by atoms with E-state index in [0.717, 1.165) is 4.70 Å². The first-order valence-corrected chi connectivity index (χ1v) is 8.71. The molecule has 7 heteroatoms. The third kappa shape index (κ3) is 2.75. The van der Waals surface area contributed by atoms with E-state index in [1.165, 1.54) is 27.6 Å². The molecule has 4 rings (SSSR count).